The number of aromatic nitrogens is 2. The molecule has 0 aliphatic heterocycles. The number of carbonyl (C=O) groups is 1. The number of aromatic amines is 1. The number of amides is 1. The first kappa shape index (κ1) is 18.2. The molecule has 1 heterocycles. The summed E-state index contributed by atoms with van der Waals surface area (Å²) < 4.78 is 15.8. The summed E-state index contributed by atoms with van der Waals surface area (Å²) in [7, 11) is 4.46. The number of carbonyl (C=O) groups excluding carboxylic acids is 1. The van der Waals surface area contributed by atoms with E-state index in [9.17, 15) is 9.59 Å². The average molecular weight is 369 g/mol. The highest BCUT2D eigenvalue weighted by Crippen LogP contribution is 2.38. The van der Waals surface area contributed by atoms with Crippen LogP contribution in [0.5, 0.6) is 17.2 Å². The number of hydrogen-bond acceptors (Lipinski definition) is 6. The van der Waals surface area contributed by atoms with Crippen LogP contribution in [0.1, 0.15) is 16.1 Å². The second kappa shape index (κ2) is 7.77. The molecular formula is C19H19N3O5. The predicted molar refractivity (Wildman–Crippen MR) is 99.6 cm³/mol. The van der Waals surface area contributed by atoms with Crippen molar-refractivity contribution in [1.29, 1.82) is 0 Å². The molecule has 0 bridgehead atoms. The highest BCUT2D eigenvalue weighted by atomic mass is 16.5. The molecule has 1 amide bonds. The van der Waals surface area contributed by atoms with E-state index in [4.69, 9.17) is 14.2 Å². The maximum absolute atomic E-state index is 12.6. The van der Waals surface area contributed by atoms with Crippen molar-refractivity contribution in [3.05, 3.63) is 58.0 Å². The van der Waals surface area contributed by atoms with Gasteiger partial charge < -0.3 is 19.5 Å². The summed E-state index contributed by atoms with van der Waals surface area (Å²) in [6.07, 6.45) is 0. The molecule has 140 valence electrons. The van der Waals surface area contributed by atoms with Crippen LogP contribution in [0.4, 0.5) is 0 Å². The molecule has 2 aromatic carbocycles. The van der Waals surface area contributed by atoms with E-state index >= 15 is 0 Å². The predicted octanol–water partition coefficient (Wildman–Crippen LogP) is 1.88. The molecule has 0 unspecified atom stereocenters. The van der Waals surface area contributed by atoms with E-state index < -0.39 is 0 Å². The van der Waals surface area contributed by atoms with E-state index in [1.54, 1.807) is 30.3 Å². The Morgan fingerprint density at radius 1 is 1.04 bits per heavy atom. The minimum absolute atomic E-state index is 0.146. The Bertz CT molecular complexity index is 1020. The first-order valence-electron chi connectivity index (χ1n) is 8.13. The van der Waals surface area contributed by atoms with Gasteiger partial charge in [0.1, 0.15) is 0 Å². The van der Waals surface area contributed by atoms with Crippen LogP contribution in [0.3, 0.4) is 0 Å². The van der Waals surface area contributed by atoms with Crippen LogP contribution in [0.2, 0.25) is 0 Å². The van der Waals surface area contributed by atoms with E-state index in [-0.39, 0.29) is 18.0 Å². The standard InChI is InChI=1S/C19H19N3O5/c1-25-15-8-11(9-16(26-2)17(15)27-3)18(23)20-10-14-12-6-4-5-7-13(12)19(24)22-21-14/h4-9H,10H2,1-3H3,(H,20,23)(H,22,24). The minimum atomic E-state index is -0.341. The first-order chi connectivity index (χ1) is 13.1. The third kappa shape index (κ3) is 3.55. The van der Waals surface area contributed by atoms with Gasteiger partial charge in [0.05, 0.1) is 39.0 Å². The van der Waals surface area contributed by atoms with E-state index in [1.165, 1.54) is 21.3 Å². The highest BCUT2D eigenvalue weighted by Gasteiger charge is 2.17. The van der Waals surface area contributed by atoms with Gasteiger partial charge >= 0.3 is 0 Å². The van der Waals surface area contributed by atoms with E-state index in [2.05, 4.69) is 15.5 Å². The van der Waals surface area contributed by atoms with Crippen molar-refractivity contribution < 1.29 is 19.0 Å². The average Bonchev–Trinajstić information content (AvgIpc) is 2.72. The number of benzene rings is 2. The van der Waals surface area contributed by atoms with Gasteiger partial charge in [-0.25, -0.2) is 5.10 Å². The maximum Gasteiger partial charge on any atom is 0.272 e. The monoisotopic (exact) mass is 369 g/mol. The van der Waals surface area contributed by atoms with Crippen LogP contribution in [0, 0.1) is 0 Å². The van der Waals surface area contributed by atoms with Crippen LogP contribution in [-0.4, -0.2) is 37.4 Å². The number of nitrogens with zero attached hydrogens (tertiary/aromatic N) is 1. The molecule has 3 rings (SSSR count). The van der Waals surface area contributed by atoms with Crippen LogP contribution < -0.4 is 25.1 Å². The van der Waals surface area contributed by atoms with Crippen molar-refractivity contribution in [3.8, 4) is 17.2 Å². The Morgan fingerprint density at radius 3 is 2.26 bits per heavy atom. The molecule has 8 nitrogen and oxygen atoms in total. The number of nitrogens with one attached hydrogen (secondary N) is 2. The molecule has 2 N–H and O–H groups in total. The van der Waals surface area contributed by atoms with Gasteiger partial charge in [-0.05, 0) is 18.2 Å². The number of hydrogen-bond donors (Lipinski definition) is 2. The molecule has 1 aromatic heterocycles. The van der Waals surface area contributed by atoms with Gasteiger partial charge in [-0.2, -0.15) is 5.10 Å². The Hall–Kier alpha value is -3.55. The van der Waals surface area contributed by atoms with E-state index in [0.717, 1.165) is 0 Å². The van der Waals surface area contributed by atoms with Crippen molar-refractivity contribution in [3.63, 3.8) is 0 Å². The molecule has 8 heteroatoms. The summed E-state index contributed by atoms with van der Waals surface area (Å²) in [5.41, 5.74) is 0.634. The third-order valence-corrected chi connectivity index (χ3v) is 4.12. The zero-order valence-electron chi connectivity index (χ0n) is 15.2. The zero-order chi connectivity index (χ0) is 19.4. The van der Waals surface area contributed by atoms with E-state index in [1.807, 2.05) is 6.07 Å². The fourth-order valence-electron chi connectivity index (χ4n) is 2.78. The molecule has 0 fully saturated rings. The van der Waals surface area contributed by atoms with Gasteiger partial charge in [-0.3, -0.25) is 9.59 Å². The zero-order valence-corrected chi connectivity index (χ0v) is 15.2. The fourth-order valence-corrected chi connectivity index (χ4v) is 2.78. The Kier molecular flexibility index (Phi) is 5.25. The molecule has 0 radical (unpaired) electrons. The van der Waals surface area contributed by atoms with Gasteiger partial charge in [0, 0.05) is 10.9 Å². The molecule has 3 aromatic rings. The van der Waals surface area contributed by atoms with Crippen LogP contribution in [0.25, 0.3) is 10.8 Å². The van der Waals surface area contributed by atoms with Crippen molar-refractivity contribution in [2.75, 3.05) is 21.3 Å². The summed E-state index contributed by atoms with van der Waals surface area (Å²) in [6.45, 7) is 0.146. The second-order valence-corrected chi connectivity index (χ2v) is 5.64. The molecule has 0 saturated heterocycles. The van der Waals surface area contributed by atoms with Crippen LogP contribution in [-0.2, 0) is 6.54 Å². The molecule has 27 heavy (non-hydrogen) atoms. The first-order valence-corrected chi connectivity index (χ1v) is 8.13. The number of ether oxygens (including phenoxy) is 3. The fraction of sp³-hybridized carbons (Fsp3) is 0.211. The van der Waals surface area contributed by atoms with Crippen molar-refractivity contribution in [2.24, 2.45) is 0 Å². The van der Waals surface area contributed by atoms with Crippen molar-refractivity contribution in [1.82, 2.24) is 15.5 Å². The molecular weight excluding hydrogens is 350 g/mol. The minimum Gasteiger partial charge on any atom is -0.493 e. The second-order valence-electron chi connectivity index (χ2n) is 5.64. The number of rotatable bonds is 6. The lowest BCUT2D eigenvalue weighted by Crippen LogP contribution is -2.24. The molecule has 0 aliphatic rings. The Labute approximate surface area is 155 Å². The normalized spacial score (nSPS) is 10.5. The maximum atomic E-state index is 12.6. The van der Waals surface area contributed by atoms with Gasteiger partial charge in [-0.15, -0.1) is 0 Å². The summed E-state index contributed by atoms with van der Waals surface area (Å²) in [5.74, 6) is 0.834. The van der Waals surface area contributed by atoms with Crippen LogP contribution >= 0.6 is 0 Å². The van der Waals surface area contributed by atoms with Gasteiger partial charge in [0.25, 0.3) is 11.5 Å². The topological polar surface area (TPSA) is 103 Å². The quantitative estimate of drug-likeness (QED) is 0.688. The Morgan fingerprint density at radius 2 is 1.67 bits per heavy atom. The summed E-state index contributed by atoms with van der Waals surface area (Å²) in [4.78, 5) is 24.4. The molecule has 0 saturated carbocycles. The lowest BCUT2D eigenvalue weighted by atomic mass is 10.1. The molecule has 0 aliphatic carbocycles. The smallest absolute Gasteiger partial charge is 0.272 e. The summed E-state index contributed by atoms with van der Waals surface area (Å²) in [6, 6.07) is 10.2. The SMILES string of the molecule is COc1cc(C(=O)NCc2n[nH]c(=O)c3ccccc23)cc(OC)c1OC. The number of fused-ring (bicyclic) bond motifs is 1. The lowest BCUT2D eigenvalue weighted by Gasteiger charge is -2.14. The van der Waals surface area contributed by atoms with Gasteiger partial charge in [0.2, 0.25) is 5.75 Å². The van der Waals surface area contributed by atoms with Crippen LogP contribution in [0.15, 0.2) is 41.2 Å². The third-order valence-electron chi connectivity index (χ3n) is 4.12. The Balaban J connectivity index is 1.87. The summed E-state index contributed by atoms with van der Waals surface area (Å²) in [5, 5.41) is 10.5. The number of H-pyrrole nitrogens is 1. The lowest BCUT2D eigenvalue weighted by molar-refractivity contribution is 0.0949. The summed E-state index contributed by atoms with van der Waals surface area (Å²) >= 11 is 0. The highest BCUT2D eigenvalue weighted by molar-refractivity contribution is 5.96. The van der Waals surface area contributed by atoms with Gasteiger partial charge in [-0.1, -0.05) is 18.2 Å². The molecule has 0 atom stereocenters. The van der Waals surface area contributed by atoms with Crippen molar-refractivity contribution >= 4 is 16.7 Å². The molecule has 0 spiro atoms. The van der Waals surface area contributed by atoms with Crippen molar-refractivity contribution in [2.45, 2.75) is 6.54 Å². The number of methoxy groups -OCH3 is 3. The van der Waals surface area contributed by atoms with E-state index in [0.29, 0.717) is 39.3 Å². The van der Waals surface area contributed by atoms with Gasteiger partial charge in [0.15, 0.2) is 11.5 Å². The largest absolute Gasteiger partial charge is 0.493 e.